The SMILES string of the molecule is N#Cc1cccc(-c2ccccc2N2c3ccccc3Cc3ccccc32)c1C#N. The number of nitriles is 2. The number of nitrogens with zero attached hydrogens (tertiary/aromatic N) is 3. The van der Waals surface area contributed by atoms with E-state index in [0.717, 1.165) is 34.6 Å². The lowest BCUT2D eigenvalue weighted by molar-refractivity contribution is 1.09. The summed E-state index contributed by atoms with van der Waals surface area (Å²) < 4.78 is 0. The number of para-hydroxylation sites is 3. The first-order valence-electron chi connectivity index (χ1n) is 9.80. The van der Waals surface area contributed by atoms with E-state index in [-0.39, 0.29) is 0 Å². The van der Waals surface area contributed by atoms with E-state index in [1.807, 2.05) is 30.3 Å². The molecule has 4 aromatic carbocycles. The van der Waals surface area contributed by atoms with Crippen molar-refractivity contribution >= 4 is 17.1 Å². The molecule has 0 N–H and O–H groups in total. The van der Waals surface area contributed by atoms with Crippen molar-refractivity contribution in [3.63, 3.8) is 0 Å². The van der Waals surface area contributed by atoms with Gasteiger partial charge in [-0.1, -0.05) is 66.7 Å². The number of anilines is 3. The van der Waals surface area contributed by atoms with Crippen LogP contribution in [0.25, 0.3) is 11.1 Å². The van der Waals surface area contributed by atoms with E-state index in [1.165, 1.54) is 11.1 Å². The highest BCUT2D eigenvalue weighted by Gasteiger charge is 2.26. The summed E-state index contributed by atoms with van der Waals surface area (Å²) in [6.45, 7) is 0. The van der Waals surface area contributed by atoms with Crippen LogP contribution in [0.2, 0.25) is 0 Å². The Bertz CT molecular complexity index is 1310. The summed E-state index contributed by atoms with van der Waals surface area (Å²) in [5, 5.41) is 19.3. The Hall–Kier alpha value is -4.34. The summed E-state index contributed by atoms with van der Waals surface area (Å²) in [5.41, 5.74) is 8.29. The number of fused-ring (bicyclic) bond motifs is 2. The third-order valence-corrected chi connectivity index (χ3v) is 5.58. The molecule has 0 aromatic heterocycles. The Labute approximate surface area is 175 Å². The standard InChI is InChI=1S/C27H17N3/c28-17-21-10-7-12-22(24(21)18-29)23-11-3-6-15-27(23)30-25-13-4-1-8-19(25)16-20-9-2-5-14-26(20)30/h1-15H,16H2. The Morgan fingerprint density at radius 1 is 0.567 bits per heavy atom. The maximum Gasteiger partial charge on any atom is 0.101 e. The van der Waals surface area contributed by atoms with E-state index in [4.69, 9.17) is 0 Å². The van der Waals surface area contributed by atoms with E-state index in [2.05, 4.69) is 71.6 Å². The Kier molecular flexibility index (Phi) is 4.28. The minimum absolute atomic E-state index is 0.393. The van der Waals surface area contributed by atoms with Crippen LogP contribution >= 0.6 is 0 Å². The molecule has 0 saturated heterocycles. The molecule has 0 unspecified atom stereocenters. The monoisotopic (exact) mass is 383 g/mol. The van der Waals surface area contributed by atoms with Crippen LogP contribution in [0.1, 0.15) is 22.3 Å². The quantitative estimate of drug-likeness (QED) is 0.351. The lowest BCUT2D eigenvalue weighted by Crippen LogP contribution is -2.19. The summed E-state index contributed by atoms with van der Waals surface area (Å²) in [7, 11) is 0. The van der Waals surface area contributed by atoms with Crippen molar-refractivity contribution < 1.29 is 0 Å². The van der Waals surface area contributed by atoms with Gasteiger partial charge in [0.1, 0.15) is 12.1 Å². The van der Waals surface area contributed by atoms with Gasteiger partial charge in [0.25, 0.3) is 0 Å². The van der Waals surface area contributed by atoms with E-state index in [0.29, 0.717) is 11.1 Å². The zero-order valence-corrected chi connectivity index (χ0v) is 16.2. The highest BCUT2D eigenvalue weighted by atomic mass is 15.2. The molecule has 0 spiro atoms. The summed E-state index contributed by atoms with van der Waals surface area (Å²) >= 11 is 0. The van der Waals surface area contributed by atoms with Gasteiger partial charge in [0, 0.05) is 28.9 Å². The molecule has 1 aliphatic rings. The zero-order valence-electron chi connectivity index (χ0n) is 16.2. The van der Waals surface area contributed by atoms with Gasteiger partial charge in [-0.3, -0.25) is 0 Å². The maximum absolute atomic E-state index is 9.79. The number of benzene rings is 4. The zero-order chi connectivity index (χ0) is 20.5. The van der Waals surface area contributed by atoms with Crippen LogP contribution in [0.4, 0.5) is 17.1 Å². The molecule has 1 aliphatic heterocycles. The van der Waals surface area contributed by atoms with E-state index in [9.17, 15) is 10.5 Å². The molecule has 0 aliphatic carbocycles. The van der Waals surface area contributed by atoms with Crippen LogP contribution in [0, 0.1) is 22.7 Å². The second-order valence-electron chi connectivity index (χ2n) is 7.24. The Morgan fingerprint density at radius 2 is 1.13 bits per heavy atom. The number of hydrogen-bond acceptors (Lipinski definition) is 3. The lowest BCUT2D eigenvalue weighted by Gasteiger charge is -2.34. The van der Waals surface area contributed by atoms with Crippen LogP contribution in [0.15, 0.2) is 91.0 Å². The molecular weight excluding hydrogens is 366 g/mol. The van der Waals surface area contributed by atoms with Gasteiger partial charge >= 0.3 is 0 Å². The van der Waals surface area contributed by atoms with Crippen molar-refractivity contribution in [3.8, 4) is 23.3 Å². The molecule has 3 nitrogen and oxygen atoms in total. The smallest absolute Gasteiger partial charge is 0.101 e. The van der Waals surface area contributed by atoms with Crippen LogP contribution < -0.4 is 4.90 Å². The molecule has 0 radical (unpaired) electrons. The van der Waals surface area contributed by atoms with E-state index < -0.39 is 0 Å². The van der Waals surface area contributed by atoms with Gasteiger partial charge in [0.2, 0.25) is 0 Å². The van der Waals surface area contributed by atoms with Gasteiger partial charge in [-0.2, -0.15) is 10.5 Å². The number of rotatable bonds is 2. The van der Waals surface area contributed by atoms with Crippen LogP contribution in [0.5, 0.6) is 0 Å². The molecule has 30 heavy (non-hydrogen) atoms. The minimum Gasteiger partial charge on any atom is -0.309 e. The summed E-state index contributed by atoms with van der Waals surface area (Å²) in [6, 6.07) is 34.8. The molecule has 4 aromatic rings. The van der Waals surface area contributed by atoms with E-state index in [1.54, 1.807) is 6.07 Å². The highest BCUT2D eigenvalue weighted by molar-refractivity contribution is 5.92. The largest absolute Gasteiger partial charge is 0.309 e. The maximum atomic E-state index is 9.79. The third kappa shape index (κ3) is 2.73. The Balaban J connectivity index is 1.80. The molecule has 0 amide bonds. The molecule has 0 bridgehead atoms. The van der Waals surface area contributed by atoms with Crippen LogP contribution in [-0.4, -0.2) is 0 Å². The number of hydrogen-bond donors (Lipinski definition) is 0. The molecule has 0 saturated carbocycles. The van der Waals surface area contributed by atoms with Crippen molar-refractivity contribution in [1.29, 1.82) is 10.5 Å². The van der Waals surface area contributed by atoms with Gasteiger partial charge in [-0.05, 0) is 35.4 Å². The van der Waals surface area contributed by atoms with Crippen LogP contribution in [0.3, 0.4) is 0 Å². The van der Waals surface area contributed by atoms with Gasteiger partial charge in [0.05, 0.1) is 16.8 Å². The molecule has 140 valence electrons. The predicted molar refractivity (Wildman–Crippen MR) is 119 cm³/mol. The minimum atomic E-state index is 0.393. The fraction of sp³-hybridized carbons (Fsp3) is 0.0370. The van der Waals surface area contributed by atoms with Gasteiger partial charge in [-0.15, -0.1) is 0 Å². The second-order valence-corrected chi connectivity index (χ2v) is 7.24. The summed E-state index contributed by atoms with van der Waals surface area (Å²) in [6.07, 6.45) is 0.887. The summed E-state index contributed by atoms with van der Waals surface area (Å²) in [5.74, 6) is 0. The average Bonchev–Trinajstić information content (AvgIpc) is 2.82. The lowest BCUT2D eigenvalue weighted by atomic mass is 9.91. The van der Waals surface area contributed by atoms with Crippen molar-refractivity contribution in [3.05, 3.63) is 113 Å². The van der Waals surface area contributed by atoms with Gasteiger partial charge in [-0.25, -0.2) is 0 Å². The normalized spacial score (nSPS) is 11.7. The first-order valence-corrected chi connectivity index (χ1v) is 9.80. The van der Waals surface area contributed by atoms with Crippen molar-refractivity contribution in [1.82, 2.24) is 0 Å². The first kappa shape index (κ1) is 17.7. The first-order chi connectivity index (χ1) is 14.8. The highest BCUT2D eigenvalue weighted by Crippen LogP contribution is 2.47. The molecular formula is C27H17N3. The van der Waals surface area contributed by atoms with Crippen LogP contribution in [-0.2, 0) is 6.42 Å². The third-order valence-electron chi connectivity index (χ3n) is 5.58. The molecule has 1 heterocycles. The van der Waals surface area contributed by atoms with Crippen molar-refractivity contribution in [2.24, 2.45) is 0 Å². The van der Waals surface area contributed by atoms with Crippen molar-refractivity contribution in [2.75, 3.05) is 4.90 Å². The van der Waals surface area contributed by atoms with Crippen molar-refractivity contribution in [2.45, 2.75) is 6.42 Å². The average molecular weight is 383 g/mol. The molecule has 0 atom stereocenters. The fourth-order valence-corrected chi connectivity index (χ4v) is 4.24. The predicted octanol–water partition coefficient (Wildman–Crippen LogP) is 6.47. The molecule has 3 heteroatoms. The van der Waals surface area contributed by atoms with Gasteiger partial charge in [0.15, 0.2) is 0 Å². The molecule has 5 rings (SSSR count). The van der Waals surface area contributed by atoms with Gasteiger partial charge < -0.3 is 4.90 Å². The summed E-state index contributed by atoms with van der Waals surface area (Å²) in [4.78, 5) is 2.27. The topological polar surface area (TPSA) is 50.8 Å². The van der Waals surface area contributed by atoms with E-state index >= 15 is 0 Å². The fourth-order valence-electron chi connectivity index (χ4n) is 4.24. The second kappa shape index (κ2) is 7.24. The Morgan fingerprint density at radius 3 is 1.77 bits per heavy atom. The molecule has 0 fully saturated rings.